The maximum atomic E-state index is 12.2. The molecular formula is C17H15F2NO4. The molecule has 1 amide bonds. The zero-order chi connectivity index (χ0) is 17.1. The Morgan fingerprint density at radius 3 is 2.54 bits per heavy atom. The SMILES string of the molecule is CC(NC(=O)c1ccc(OC(F)F)cc1)c1ccc2c(c1)OCO2. The number of hydrogen-bond donors (Lipinski definition) is 1. The smallest absolute Gasteiger partial charge is 0.387 e. The lowest BCUT2D eigenvalue weighted by Crippen LogP contribution is -2.26. The van der Waals surface area contributed by atoms with Gasteiger partial charge in [-0.05, 0) is 48.9 Å². The molecule has 24 heavy (non-hydrogen) atoms. The summed E-state index contributed by atoms with van der Waals surface area (Å²) in [5, 5.41) is 2.84. The van der Waals surface area contributed by atoms with E-state index < -0.39 is 6.61 Å². The Morgan fingerprint density at radius 2 is 1.83 bits per heavy atom. The van der Waals surface area contributed by atoms with Crippen LogP contribution in [0.4, 0.5) is 8.78 Å². The van der Waals surface area contributed by atoms with Crippen molar-refractivity contribution in [3.8, 4) is 17.2 Å². The van der Waals surface area contributed by atoms with E-state index in [9.17, 15) is 13.6 Å². The van der Waals surface area contributed by atoms with Crippen LogP contribution in [0.2, 0.25) is 0 Å². The molecule has 0 aromatic heterocycles. The van der Waals surface area contributed by atoms with Crippen molar-refractivity contribution in [1.29, 1.82) is 0 Å². The van der Waals surface area contributed by atoms with E-state index >= 15 is 0 Å². The van der Waals surface area contributed by atoms with Crippen molar-refractivity contribution >= 4 is 5.91 Å². The summed E-state index contributed by atoms with van der Waals surface area (Å²) in [4.78, 5) is 12.2. The fourth-order valence-electron chi connectivity index (χ4n) is 2.33. The Labute approximate surface area is 137 Å². The summed E-state index contributed by atoms with van der Waals surface area (Å²) in [6.07, 6.45) is 0. The lowest BCUT2D eigenvalue weighted by molar-refractivity contribution is -0.0498. The molecule has 0 saturated heterocycles. The summed E-state index contributed by atoms with van der Waals surface area (Å²) in [7, 11) is 0. The van der Waals surface area contributed by atoms with Crippen LogP contribution >= 0.6 is 0 Å². The van der Waals surface area contributed by atoms with Crippen LogP contribution in [0.5, 0.6) is 17.2 Å². The van der Waals surface area contributed by atoms with Crippen LogP contribution in [-0.4, -0.2) is 19.3 Å². The second-order valence-corrected chi connectivity index (χ2v) is 5.21. The third kappa shape index (κ3) is 3.56. The van der Waals surface area contributed by atoms with Crippen LogP contribution in [0.1, 0.15) is 28.9 Å². The molecule has 1 unspecified atom stereocenters. The highest BCUT2D eigenvalue weighted by Gasteiger charge is 2.17. The zero-order valence-electron chi connectivity index (χ0n) is 12.8. The Bertz CT molecular complexity index is 734. The van der Waals surface area contributed by atoms with Crippen LogP contribution < -0.4 is 19.5 Å². The maximum Gasteiger partial charge on any atom is 0.387 e. The summed E-state index contributed by atoms with van der Waals surface area (Å²) in [5.41, 5.74) is 1.22. The molecule has 0 spiro atoms. The first kappa shape index (κ1) is 16.0. The molecule has 1 atom stereocenters. The molecule has 2 aromatic rings. The zero-order valence-corrected chi connectivity index (χ0v) is 12.8. The van der Waals surface area contributed by atoms with E-state index in [-0.39, 0.29) is 24.5 Å². The van der Waals surface area contributed by atoms with Crippen LogP contribution in [0.15, 0.2) is 42.5 Å². The molecule has 3 rings (SSSR count). The molecule has 0 bridgehead atoms. The fourth-order valence-corrected chi connectivity index (χ4v) is 2.33. The summed E-state index contributed by atoms with van der Waals surface area (Å²) in [6, 6.07) is 10.7. The van der Waals surface area contributed by atoms with Gasteiger partial charge in [0, 0.05) is 5.56 Å². The third-order valence-electron chi connectivity index (χ3n) is 3.59. The number of nitrogens with one attached hydrogen (secondary N) is 1. The van der Waals surface area contributed by atoms with Gasteiger partial charge in [0.1, 0.15) is 5.75 Å². The molecule has 1 N–H and O–H groups in total. The molecule has 1 aliphatic rings. The molecule has 5 nitrogen and oxygen atoms in total. The standard InChI is InChI=1S/C17H15F2NO4/c1-10(12-4-7-14-15(8-12)23-9-22-14)20-16(21)11-2-5-13(6-3-11)24-17(18)19/h2-8,10,17H,9H2,1H3,(H,20,21). The van der Waals surface area contributed by atoms with Crippen molar-refractivity contribution < 1.29 is 27.8 Å². The first-order valence-corrected chi connectivity index (χ1v) is 7.28. The monoisotopic (exact) mass is 335 g/mol. The van der Waals surface area contributed by atoms with Gasteiger partial charge in [0.25, 0.3) is 5.91 Å². The average Bonchev–Trinajstić information content (AvgIpc) is 3.02. The molecule has 0 radical (unpaired) electrons. The quantitative estimate of drug-likeness (QED) is 0.908. The number of carbonyl (C=O) groups is 1. The third-order valence-corrected chi connectivity index (χ3v) is 3.59. The van der Waals surface area contributed by atoms with E-state index in [0.29, 0.717) is 17.1 Å². The van der Waals surface area contributed by atoms with Crippen molar-refractivity contribution in [3.63, 3.8) is 0 Å². The number of fused-ring (bicyclic) bond motifs is 1. The lowest BCUT2D eigenvalue weighted by Gasteiger charge is -2.15. The van der Waals surface area contributed by atoms with Crippen molar-refractivity contribution in [1.82, 2.24) is 5.32 Å². The van der Waals surface area contributed by atoms with E-state index in [2.05, 4.69) is 10.1 Å². The number of carbonyl (C=O) groups excluding carboxylic acids is 1. The molecule has 1 heterocycles. The number of alkyl halides is 2. The van der Waals surface area contributed by atoms with Gasteiger partial charge < -0.3 is 19.5 Å². The normalized spacial score (nSPS) is 13.7. The number of amides is 1. The number of benzene rings is 2. The first-order chi connectivity index (χ1) is 11.5. The Hall–Kier alpha value is -2.83. The van der Waals surface area contributed by atoms with E-state index in [1.165, 1.54) is 24.3 Å². The molecule has 0 aliphatic carbocycles. The minimum Gasteiger partial charge on any atom is -0.454 e. The van der Waals surface area contributed by atoms with Crippen LogP contribution in [0.25, 0.3) is 0 Å². The minimum absolute atomic E-state index is 0.00497. The van der Waals surface area contributed by atoms with Crippen molar-refractivity contribution in [2.75, 3.05) is 6.79 Å². The molecule has 0 saturated carbocycles. The molecule has 1 aliphatic heterocycles. The van der Waals surface area contributed by atoms with Gasteiger partial charge in [-0.15, -0.1) is 0 Å². The second kappa shape index (κ2) is 6.74. The fraction of sp³-hybridized carbons (Fsp3) is 0.235. The highest BCUT2D eigenvalue weighted by atomic mass is 19.3. The van der Waals surface area contributed by atoms with Gasteiger partial charge in [-0.25, -0.2) is 0 Å². The molecule has 7 heteroatoms. The van der Waals surface area contributed by atoms with Crippen LogP contribution in [-0.2, 0) is 0 Å². The van der Waals surface area contributed by atoms with Crippen molar-refractivity contribution in [2.24, 2.45) is 0 Å². The predicted octanol–water partition coefficient (Wildman–Crippen LogP) is 3.51. The average molecular weight is 335 g/mol. The first-order valence-electron chi connectivity index (χ1n) is 7.28. The van der Waals surface area contributed by atoms with Gasteiger partial charge >= 0.3 is 6.61 Å². The molecular weight excluding hydrogens is 320 g/mol. The van der Waals surface area contributed by atoms with Gasteiger partial charge in [0.05, 0.1) is 6.04 Å². The predicted molar refractivity (Wildman–Crippen MR) is 81.5 cm³/mol. The van der Waals surface area contributed by atoms with Gasteiger partial charge in [-0.3, -0.25) is 4.79 Å². The van der Waals surface area contributed by atoms with E-state index in [0.717, 1.165) is 5.56 Å². The van der Waals surface area contributed by atoms with Gasteiger partial charge in [0.2, 0.25) is 6.79 Å². The topological polar surface area (TPSA) is 56.8 Å². The van der Waals surface area contributed by atoms with Gasteiger partial charge in [-0.2, -0.15) is 8.78 Å². The summed E-state index contributed by atoms with van der Waals surface area (Å²) >= 11 is 0. The molecule has 126 valence electrons. The Balaban J connectivity index is 1.65. The molecule has 2 aromatic carbocycles. The highest BCUT2D eigenvalue weighted by molar-refractivity contribution is 5.94. The van der Waals surface area contributed by atoms with E-state index in [4.69, 9.17) is 9.47 Å². The summed E-state index contributed by atoms with van der Waals surface area (Å²) in [5.74, 6) is 1.00. The Kier molecular flexibility index (Phi) is 4.50. The highest BCUT2D eigenvalue weighted by Crippen LogP contribution is 2.34. The minimum atomic E-state index is -2.89. The number of ether oxygens (including phenoxy) is 3. The summed E-state index contributed by atoms with van der Waals surface area (Å²) < 4.78 is 39.0. The van der Waals surface area contributed by atoms with Gasteiger partial charge in [0.15, 0.2) is 11.5 Å². The molecule has 0 fully saturated rings. The maximum absolute atomic E-state index is 12.2. The second-order valence-electron chi connectivity index (χ2n) is 5.21. The van der Waals surface area contributed by atoms with Crippen molar-refractivity contribution in [2.45, 2.75) is 19.6 Å². The Morgan fingerprint density at radius 1 is 1.12 bits per heavy atom. The van der Waals surface area contributed by atoms with E-state index in [1.54, 1.807) is 6.07 Å². The number of halogens is 2. The van der Waals surface area contributed by atoms with Gasteiger partial charge in [-0.1, -0.05) is 6.07 Å². The summed E-state index contributed by atoms with van der Waals surface area (Å²) in [6.45, 7) is -0.869. The van der Waals surface area contributed by atoms with E-state index in [1.807, 2.05) is 19.1 Å². The number of hydrogen-bond acceptors (Lipinski definition) is 4. The number of rotatable bonds is 5. The lowest BCUT2D eigenvalue weighted by atomic mass is 10.1. The van der Waals surface area contributed by atoms with Crippen LogP contribution in [0, 0.1) is 0 Å². The largest absolute Gasteiger partial charge is 0.454 e. The van der Waals surface area contributed by atoms with Crippen LogP contribution in [0.3, 0.4) is 0 Å². The van der Waals surface area contributed by atoms with Crippen molar-refractivity contribution in [3.05, 3.63) is 53.6 Å².